The predicted octanol–water partition coefficient (Wildman–Crippen LogP) is 4.80. The van der Waals surface area contributed by atoms with Gasteiger partial charge in [0.2, 0.25) is 10.0 Å². The van der Waals surface area contributed by atoms with E-state index in [0.717, 1.165) is 0 Å². The molecule has 32 heavy (non-hydrogen) atoms. The van der Waals surface area contributed by atoms with Gasteiger partial charge in [0.1, 0.15) is 6.54 Å². The minimum Gasteiger partial charge on any atom is -0.373 e. The third-order valence-electron chi connectivity index (χ3n) is 5.44. The van der Waals surface area contributed by atoms with Crippen molar-refractivity contribution in [3.8, 4) is 0 Å². The number of alkyl halides is 9. The van der Waals surface area contributed by atoms with E-state index >= 15 is 0 Å². The van der Waals surface area contributed by atoms with Gasteiger partial charge in [0.25, 0.3) is 5.60 Å². The second kappa shape index (κ2) is 9.01. The van der Waals surface area contributed by atoms with Crippen LogP contribution in [0.3, 0.4) is 0 Å². The monoisotopic (exact) mass is 501 g/mol. The summed E-state index contributed by atoms with van der Waals surface area (Å²) >= 11 is 0. The maximum Gasteiger partial charge on any atom is 0.426 e. The molecule has 1 aromatic rings. The van der Waals surface area contributed by atoms with Gasteiger partial charge in [-0.2, -0.15) is 43.8 Å². The molecule has 1 fully saturated rings. The Balaban J connectivity index is 2.27. The first-order chi connectivity index (χ1) is 14.4. The van der Waals surface area contributed by atoms with Gasteiger partial charge in [-0.15, -0.1) is 0 Å². The van der Waals surface area contributed by atoms with Gasteiger partial charge in [0.05, 0.1) is 5.75 Å². The summed E-state index contributed by atoms with van der Waals surface area (Å²) in [4.78, 5) is 0. The molecule has 0 spiro atoms. The fraction of sp³-hybridized carbons (Fsp3) is 0.667. The van der Waals surface area contributed by atoms with E-state index in [1.807, 2.05) is 0 Å². The lowest BCUT2D eigenvalue weighted by Crippen LogP contribution is -2.62. The summed E-state index contributed by atoms with van der Waals surface area (Å²) in [6.07, 6.45) is -20.4. The number of benzene rings is 1. The standard InChI is InChI=1S/C18H20F9NO3S/c19-15(20,21)11-28(32(30,31)10-12-4-2-1-3-5-12)14-8-6-13(7-9-14)16(29,17(22,23)24)18(25,26)27/h1-5,13-14,29H,6-11H2. The molecule has 0 aliphatic heterocycles. The quantitative estimate of drug-likeness (QED) is 0.571. The van der Waals surface area contributed by atoms with E-state index in [2.05, 4.69) is 0 Å². The van der Waals surface area contributed by atoms with Crippen LogP contribution in [0.15, 0.2) is 30.3 Å². The zero-order valence-corrected chi connectivity index (χ0v) is 17.1. The molecule has 0 bridgehead atoms. The molecule has 0 radical (unpaired) electrons. The van der Waals surface area contributed by atoms with E-state index in [-0.39, 0.29) is 9.87 Å². The van der Waals surface area contributed by atoms with Crippen molar-refractivity contribution in [3.05, 3.63) is 35.9 Å². The number of rotatable bonds is 6. The molecule has 184 valence electrons. The highest BCUT2D eigenvalue weighted by molar-refractivity contribution is 7.88. The molecule has 1 aliphatic carbocycles. The van der Waals surface area contributed by atoms with Gasteiger partial charge in [-0.1, -0.05) is 30.3 Å². The summed E-state index contributed by atoms with van der Waals surface area (Å²) in [7, 11) is -4.61. The lowest BCUT2D eigenvalue weighted by atomic mass is 9.74. The molecule has 14 heteroatoms. The van der Waals surface area contributed by atoms with Crippen molar-refractivity contribution < 1.29 is 53.0 Å². The third kappa shape index (κ3) is 5.87. The Kier molecular flexibility index (Phi) is 7.52. The van der Waals surface area contributed by atoms with Gasteiger partial charge in [-0.05, 0) is 31.2 Å². The largest absolute Gasteiger partial charge is 0.426 e. The molecule has 0 aromatic heterocycles. The van der Waals surface area contributed by atoms with Crippen molar-refractivity contribution in [1.82, 2.24) is 4.31 Å². The molecule has 0 atom stereocenters. The Bertz CT molecular complexity index is 844. The first-order valence-electron chi connectivity index (χ1n) is 9.34. The Morgan fingerprint density at radius 2 is 1.31 bits per heavy atom. The first-order valence-corrected chi connectivity index (χ1v) is 11.0. The van der Waals surface area contributed by atoms with Crippen molar-refractivity contribution in [2.75, 3.05) is 6.54 Å². The average Bonchev–Trinajstić information content (AvgIpc) is 2.63. The molecule has 0 saturated heterocycles. The third-order valence-corrected chi connectivity index (χ3v) is 7.28. The van der Waals surface area contributed by atoms with Crippen molar-refractivity contribution in [3.63, 3.8) is 0 Å². The highest BCUT2D eigenvalue weighted by Crippen LogP contribution is 2.52. The van der Waals surface area contributed by atoms with Crippen molar-refractivity contribution >= 4 is 10.0 Å². The SMILES string of the molecule is O=S(=O)(Cc1ccccc1)N(CC(F)(F)F)C1CCC(C(O)(C(F)(F)F)C(F)(F)F)CC1. The van der Waals surface area contributed by atoms with Crippen LogP contribution in [0.25, 0.3) is 0 Å². The lowest BCUT2D eigenvalue weighted by molar-refractivity contribution is -0.387. The maximum absolute atomic E-state index is 13.1. The van der Waals surface area contributed by atoms with Gasteiger partial charge >= 0.3 is 18.5 Å². The van der Waals surface area contributed by atoms with Crippen LogP contribution in [0, 0.1) is 5.92 Å². The van der Waals surface area contributed by atoms with Gasteiger partial charge in [-0.3, -0.25) is 0 Å². The van der Waals surface area contributed by atoms with E-state index in [9.17, 15) is 53.0 Å². The van der Waals surface area contributed by atoms with Crippen LogP contribution >= 0.6 is 0 Å². The molecule has 0 amide bonds. The van der Waals surface area contributed by atoms with Gasteiger partial charge in [-0.25, -0.2) is 8.42 Å². The van der Waals surface area contributed by atoms with E-state index in [4.69, 9.17) is 0 Å². The van der Waals surface area contributed by atoms with Gasteiger partial charge in [0.15, 0.2) is 0 Å². The summed E-state index contributed by atoms with van der Waals surface area (Å²) in [6.45, 7) is -1.93. The molecule has 1 saturated carbocycles. The lowest BCUT2D eigenvalue weighted by Gasteiger charge is -2.43. The zero-order chi connectivity index (χ0) is 24.6. The number of halogens is 9. The first kappa shape index (κ1) is 26.7. The fourth-order valence-corrected chi connectivity index (χ4v) is 5.69. The summed E-state index contributed by atoms with van der Waals surface area (Å²) in [5, 5.41) is 9.51. The topological polar surface area (TPSA) is 57.6 Å². The van der Waals surface area contributed by atoms with E-state index < -0.39 is 84.1 Å². The summed E-state index contributed by atoms with van der Waals surface area (Å²) in [5.74, 6) is -3.19. The molecule has 1 aliphatic rings. The van der Waals surface area contributed by atoms with Crippen molar-refractivity contribution in [2.24, 2.45) is 5.92 Å². The number of hydrogen-bond acceptors (Lipinski definition) is 3. The molecule has 1 N–H and O–H groups in total. The highest BCUT2D eigenvalue weighted by atomic mass is 32.2. The minimum absolute atomic E-state index is 0.0937. The van der Waals surface area contributed by atoms with Gasteiger partial charge in [0, 0.05) is 12.0 Å². The molecule has 2 rings (SSSR count). The van der Waals surface area contributed by atoms with Crippen LogP contribution in [0.2, 0.25) is 0 Å². The average molecular weight is 501 g/mol. The molecule has 1 aromatic carbocycles. The number of aliphatic hydroxyl groups is 1. The van der Waals surface area contributed by atoms with Crippen LogP contribution in [-0.4, -0.2) is 54.5 Å². The maximum atomic E-state index is 13.1. The van der Waals surface area contributed by atoms with Crippen molar-refractivity contribution in [1.29, 1.82) is 0 Å². The summed E-state index contributed by atoms with van der Waals surface area (Å²) < 4.78 is 143. The molecule has 4 nitrogen and oxygen atoms in total. The number of sulfonamides is 1. The zero-order valence-electron chi connectivity index (χ0n) is 16.3. The smallest absolute Gasteiger partial charge is 0.373 e. The van der Waals surface area contributed by atoms with Crippen LogP contribution in [0.5, 0.6) is 0 Å². The van der Waals surface area contributed by atoms with Crippen LogP contribution in [0.4, 0.5) is 39.5 Å². The van der Waals surface area contributed by atoms with E-state index in [0.29, 0.717) is 0 Å². The fourth-order valence-electron chi connectivity index (χ4n) is 3.90. The second-order valence-corrected chi connectivity index (χ2v) is 9.59. The van der Waals surface area contributed by atoms with E-state index in [1.165, 1.54) is 24.3 Å². The Hall–Kier alpha value is -1.54. The Morgan fingerprint density at radius 3 is 1.72 bits per heavy atom. The van der Waals surface area contributed by atoms with Crippen LogP contribution in [-0.2, 0) is 15.8 Å². The Morgan fingerprint density at radius 1 is 0.844 bits per heavy atom. The number of nitrogens with zero attached hydrogens (tertiary/aromatic N) is 1. The molecular formula is C18H20F9NO3S. The second-order valence-electron chi connectivity index (χ2n) is 7.67. The number of hydrogen-bond donors (Lipinski definition) is 1. The predicted molar refractivity (Wildman–Crippen MR) is 94.6 cm³/mol. The van der Waals surface area contributed by atoms with Crippen LogP contribution in [0.1, 0.15) is 31.2 Å². The summed E-state index contributed by atoms with van der Waals surface area (Å²) in [6, 6.07) is 5.71. The van der Waals surface area contributed by atoms with Crippen molar-refractivity contribution in [2.45, 2.75) is 61.6 Å². The minimum atomic E-state index is -6.06. The molecule has 0 unspecified atom stereocenters. The summed E-state index contributed by atoms with van der Waals surface area (Å²) in [5.41, 5.74) is -4.88. The van der Waals surface area contributed by atoms with Gasteiger partial charge < -0.3 is 5.11 Å². The highest BCUT2D eigenvalue weighted by Gasteiger charge is 2.73. The van der Waals surface area contributed by atoms with E-state index in [1.54, 1.807) is 6.07 Å². The normalized spacial score (nSPS) is 21.7. The Labute approximate surface area is 178 Å². The molecular weight excluding hydrogens is 481 g/mol. The molecule has 0 heterocycles. The van der Waals surface area contributed by atoms with Crippen LogP contribution < -0.4 is 0 Å².